The van der Waals surface area contributed by atoms with Gasteiger partial charge in [-0.25, -0.2) is 4.98 Å². The Balaban J connectivity index is 1.82. The highest BCUT2D eigenvalue weighted by Crippen LogP contribution is 2.39. The summed E-state index contributed by atoms with van der Waals surface area (Å²) < 4.78 is 1.16. The predicted molar refractivity (Wildman–Crippen MR) is 73.1 cm³/mol. The van der Waals surface area contributed by atoms with E-state index in [1.54, 1.807) is 22.7 Å². The molecule has 16 heavy (non-hydrogen) atoms. The minimum Gasteiger partial charge on any atom is -0.328 e. The summed E-state index contributed by atoms with van der Waals surface area (Å²) in [6, 6.07) is 4.58. The Labute approximate surface area is 111 Å². The first kappa shape index (κ1) is 10.9. The van der Waals surface area contributed by atoms with Gasteiger partial charge in [0.2, 0.25) is 0 Å². The number of rotatable bonds is 2. The minimum atomic E-state index is 0.394. The Kier molecular flexibility index (Phi) is 2.87. The molecule has 0 saturated heterocycles. The first-order chi connectivity index (χ1) is 7.72. The summed E-state index contributed by atoms with van der Waals surface area (Å²) in [6.45, 7) is 0. The maximum absolute atomic E-state index is 5.80. The zero-order valence-corrected chi connectivity index (χ0v) is 11.7. The summed E-state index contributed by atoms with van der Waals surface area (Å²) in [5.41, 5.74) is 7.03. The molecule has 0 amide bonds. The molecule has 2 aromatic rings. The van der Waals surface area contributed by atoms with Crippen molar-refractivity contribution in [2.24, 2.45) is 5.73 Å². The lowest BCUT2D eigenvalue weighted by Crippen LogP contribution is -2.34. The number of thiophene rings is 1. The van der Waals surface area contributed by atoms with E-state index >= 15 is 0 Å². The zero-order valence-electron chi connectivity index (χ0n) is 8.52. The lowest BCUT2D eigenvalue weighted by atomic mass is 9.79. The fourth-order valence-electron chi connectivity index (χ4n) is 1.92. The number of nitrogens with zero attached hydrogens (tertiary/aromatic N) is 1. The molecule has 1 aliphatic rings. The van der Waals surface area contributed by atoms with Gasteiger partial charge >= 0.3 is 0 Å². The van der Waals surface area contributed by atoms with Crippen molar-refractivity contribution in [3.05, 3.63) is 27.0 Å². The van der Waals surface area contributed by atoms with Gasteiger partial charge in [0, 0.05) is 17.3 Å². The van der Waals surface area contributed by atoms with Crippen LogP contribution < -0.4 is 5.73 Å². The summed E-state index contributed by atoms with van der Waals surface area (Å²) >= 11 is 6.94. The molecule has 0 atom stereocenters. The lowest BCUT2D eigenvalue weighted by molar-refractivity contribution is 0.346. The highest BCUT2D eigenvalue weighted by molar-refractivity contribution is 9.11. The van der Waals surface area contributed by atoms with E-state index in [2.05, 4.69) is 33.4 Å². The predicted octanol–water partition coefficient (Wildman–Crippen LogP) is 3.84. The average molecular weight is 315 g/mol. The maximum atomic E-state index is 5.80. The highest BCUT2D eigenvalue weighted by atomic mass is 79.9. The maximum Gasteiger partial charge on any atom is 0.133 e. The van der Waals surface area contributed by atoms with Crippen LogP contribution in [0, 0.1) is 0 Å². The summed E-state index contributed by atoms with van der Waals surface area (Å²) in [5, 5.41) is 3.31. The third-order valence-electron chi connectivity index (χ3n) is 2.90. The van der Waals surface area contributed by atoms with E-state index in [4.69, 9.17) is 10.7 Å². The van der Waals surface area contributed by atoms with E-state index in [-0.39, 0.29) is 0 Å². The number of aromatic nitrogens is 1. The Hall–Kier alpha value is -0.230. The van der Waals surface area contributed by atoms with Crippen molar-refractivity contribution in [2.45, 2.75) is 24.8 Å². The molecule has 5 heteroatoms. The molecule has 2 N–H and O–H groups in total. The second-order valence-electron chi connectivity index (χ2n) is 4.11. The van der Waals surface area contributed by atoms with E-state index in [0.717, 1.165) is 21.6 Å². The first-order valence-electron chi connectivity index (χ1n) is 5.19. The van der Waals surface area contributed by atoms with Gasteiger partial charge in [0.05, 0.1) is 14.4 Å². The normalized spacial score (nSPS) is 24.4. The fraction of sp³-hybridized carbons (Fsp3) is 0.364. The molecular formula is C11H11BrN2S2. The third-order valence-corrected chi connectivity index (χ3v) is 5.55. The molecule has 2 heterocycles. The monoisotopic (exact) mass is 314 g/mol. The summed E-state index contributed by atoms with van der Waals surface area (Å²) in [4.78, 5) is 5.95. The topological polar surface area (TPSA) is 38.9 Å². The number of thiazole rings is 1. The number of nitrogens with two attached hydrogens (primary N) is 1. The zero-order chi connectivity index (χ0) is 11.1. The van der Waals surface area contributed by atoms with Crippen molar-refractivity contribution in [2.75, 3.05) is 0 Å². The van der Waals surface area contributed by atoms with Crippen LogP contribution in [0.5, 0.6) is 0 Å². The van der Waals surface area contributed by atoms with Crippen LogP contribution in [0.1, 0.15) is 24.5 Å². The molecule has 2 aromatic heterocycles. The van der Waals surface area contributed by atoms with Gasteiger partial charge in [0.15, 0.2) is 0 Å². The van der Waals surface area contributed by atoms with E-state index < -0.39 is 0 Å². The Morgan fingerprint density at radius 2 is 2.19 bits per heavy atom. The van der Waals surface area contributed by atoms with Crippen LogP contribution in [0.15, 0.2) is 21.3 Å². The van der Waals surface area contributed by atoms with Crippen LogP contribution in [0.25, 0.3) is 9.88 Å². The second-order valence-corrected chi connectivity index (χ2v) is 7.43. The van der Waals surface area contributed by atoms with Crippen molar-refractivity contribution in [1.29, 1.82) is 0 Å². The standard InChI is InChI=1S/C11H11BrN2S2/c12-10-2-1-9(16-10)11-14-8(5-15-11)6-3-7(13)4-6/h1-2,5-7H,3-4,13H2. The summed E-state index contributed by atoms with van der Waals surface area (Å²) in [6.07, 6.45) is 2.19. The van der Waals surface area contributed by atoms with Crippen LogP contribution in [0.4, 0.5) is 0 Å². The molecule has 0 aromatic carbocycles. The number of hydrogen-bond acceptors (Lipinski definition) is 4. The van der Waals surface area contributed by atoms with E-state index in [1.807, 2.05) is 0 Å². The van der Waals surface area contributed by atoms with Gasteiger partial charge in [-0.2, -0.15) is 0 Å². The largest absolute Gasteiger partial charge is 0.328 e. The first-order valence-corrected chi connectivity index (χ1v) is 7.68. The lowest BCUT2D eigenvalue weighted by Gasteiger charge is -2.30. The van der Waals surface area contributed by atoms with E-state index in [0.29, 0.717) is 12.0 Å². The molecule has 1 saturated carbocycles. The quantitative estimate of drug-likeness (QED) is 0.914. The molecule has 3 rings (SSSR count). The summed E-state index contributed by atoms with van der Waals surface area (Å²) in [7, 11) is 0. The molecule has 2 nitrogen and oxygen atoms in total. The Morgan fingerprint density at radius 1 is 1.38 bits per heavy atom. The van der Waals surface area contributed by atoms with E-state index in [9.17, 15) is 0 Å². The van der Waals surface area contributed by atoms with Gasteiger partial charge in [-0.15, -0.1) is 22.7 Å². The van der Waals surface area contributed by atoms with Crippen molar-refractivity contribution >= 4 is 38.6 Å². The third kappa shape index (κ3) is 1.97. The van der Waals surface area contributed by atoms with Crippen molar-refractivity contribution in [3.63, 3.8) is 0 Å². The van der Waals surface area contributed by atoms with Crippen molar-refractivity contribution < 1.29 is 0 Å². The molecule has 1 aliphatic carbocycles. The Morgan fingerprint density at radius 3 is 2.81 bits per heavy atom. The van der Waals surface area contributed by atoms with Crippen LogP contribution >= 0.6 is 38.6 Å². The van der Waals surface area contributed by atoms with Gasteiger partial charge in [0.1, 0.15) is 5.01 Å². The average Bonchev–Trinajstić information content (AvgIpc) is 2.81. The molecule has 0 radical (unpaired) electrons. The van der Waals surface area contributed by atoms with E-state index in [1.165, 1.54) is 10.6 Å². The minimum absolute atomic E-state index is 0.394. The van der Waals surface area contributed by atoms with Crippen LogP contribution in [0.3, 0.4) is 0 Å². The summed E-state index contributed by atoms with van der Waals surface area (Å²) in [5.74, 6) is 0.600. The van der Waals surface area contributed by atoms with Gasteiger partial charge in [-0.3, -0.25) is 0 Å². The molecule has 0 bridgehead atoms. The number of hydrogen-bond donors (Lipinski definition) is 1. The van der Waals surface area contributed by atoms with Crippen LogP contribution in [0.2, 0.25) is 0 Å². The van der Waals surface area contributed by atoms with Gasteiger partial charge in [-0.1, -0.05) is 0 Å². The molecule has 0 unspecified atom stereocenters. The van der Waals surface area contributed by atoms with Crippen molar-refractivity contribution in [1.82, 2.24) is 4.98 Å². The number of halogens is 1. The molecular weight excluding hydrogens is 304 g/mol. The van der Waals surface area contributed by atoms with Gasteiger partial charge in [-0.05, 0) is 40.9 Å². The second kappa shape index (κ2) is 4.22. The van der Waals surface area contributed by atoms with Gasteiger partial charge in [0.25, 0.3) is 0 Å². The molecule has 0 aliphatic heterocycles. The van der Waals surface area contributed by atoms with Crippen LogP contribution in [-0.2, 0) is 0 Å². The smallest absolute Gasteiger partial charge is 0.133 e. The SMILES string of the molecule is NC1CC(c2csc(-c3ccc(Br)s3)n2)C1. The Bertz CT molecular complexity index is 500. The highest BCUT2D eigenvalue weighted by Gasteiger charge is 2.29. The molecule has 84 valence electrons. The molecule has 0 spiro atoms. The van der Waals surface area contributed by atoms with Gasteiger partial charge < -0.3 is 5.73 Å². The molecule has 1 fully saturated rings. The van der Waals surface area contributed by atoms with Crippen molar-refractivity contribution in [3.8, 4) is 9.88 Å². The van der Waals surface area contributed by atoms with Crippen LogP contribution in [-0.4, -0.2) is 11.0 Å². The fourth-order valence-corrected chi connectivity index (χ4v) is 4.28.